The van der Waals surface area contributed by atoms with Gasteiger partial charge in [0.25, 0.3) is 0 Å². The van der Waals surface area contributed by atoms with Crippen molar-refractivity contribution in [3.05, 3.63) is 35.6 Å². The van der Waals surface area contributed by atoms with Gasteiger partial charge in [-0.25, -0.2) is 9.97 Å². The molecule has 1 aliphatic heterocycles. The summed E-state index contributed by atoms with van der Waals surface area (Å²) in [4.78, 5) is 13.6. The first-order chi connectivity index (χ1) is 11.7. The highest BCUT2D eigenvalue weighted by Crippen LogP contribution is 2.35. The van der Waals surface area contributed by atoms with Gasteiger partial charge in [-0.05, 0) is 45.6 Å². The number of rotatable bonds is 5. The second-order valence-electron chi connectivity index (χ2n) is 7.02. The second-order valence-corrected chi connectivity index (χ2v) is 7.02. The molecule has 6 heteroatoms. The summed E-state index contributed by atoms with van der Waals surface area (Å²) in [5, 5.41) is 4.07. The molecule has 0 N–H and O–H groups in total. The van der Waals surface area contributed by atoms with Crippen molar-refractivity contribution >= 4 is 5.82 Å². The van der Waals surface area contributed by atoms with Crippen LogP contribution in [0.5, 0.6) is 0 Å². The zero-order valence-electron chi connectivity index (χ0n) is 14.5. The molecular weight excluding hydrogens is 302 g/mol. The maximum absolute atomic E-state index is 5.29. The van der Waals surface area contributed by atoms with Crippen LogP contribution in [-0.2, 0) is 6.54 Å². The molecule has 0 aromatic carbocycles. The van der Waals surface area contributed by atoms with Crippen LogP contribution < -0.4 is 4.90 Å². The van der Waals surface area contributed by atoms with Gasteiger partial charge in [-0.3, -0.25) is 4.90 Å². The minimum Gasteiger partial charge on any atom is -0.361 e. The van der Waals surface area contributed by atoms with Crippen LogP contribution in [0.2, 0.25) is 0 Å². The van der Waals surface area contributed by atoms with Gasteiger partial charge in [0, 0.05) is 43.5 Å². The summed E-state index contributed by atoms with van der Waals surface area (Å²) >= 11 is 0. The van der Waals surface area contributed by atoms with E-state index < -0.39 is 0 Å². The molecule has 3 heterocycles. The molecule has 1 saturated heterocycles. The number of aromatic nitrogens is 3. The first kappa shape index (κ1) is 15.6. The molecule has 2 aliphatic rings. The molecule has 0 radical (unpaired) electrons. The van der Waals surface area contributed by atoms with E-state index in [1.165, 1.54) is 31.2 Å². The van der Waals surface area contributed by atoms with E-state index in [1.807, 2.05) is 20.0 Å². The zero-order chi connectivity index (χ0) is 16.5. The first-order valence-corrected chi connectivity index (χ1v) is 8.91. The monoisotopic (exact) mass is 327 g/mol. The molecule has 0 amide bonds. The Hall–Kier alpha value is -1.95. The summed E-state index contributed by atoms with van der Waals surface area (Å²) in [6.45, 7) is 7.21. The third-order valence-corrected chi connectivity index (χ3v) is 5.28. The highest BCUT2D eigenvalue weighted by molar-refractivity contribution is 5.41. The second kappa shape index (κ2) is 6.51. The molecule has 2 aromatic heterocycles. The Morgan fingerprint density at radius 3 is 2.50 bits per heavy atom. The fraction of sp³-hybridized carbons (Fsp3) is 0.611. The van der Waals surface area contributed by atoms with Crippen molar-refractivity contribution in [2.24, 2.45) is 0 Å². The first-order valence-electron chi connectivity index (χ1n) is 8.91. The standard InChI is InChI=1S/C18H25N5O/c1-13-17(14(2)24-21-13)11-22-9-6-16(7-10-22)23(15-3-4-15)18-5-8-19-12-20-18/h5,8,12,15-16H,3-4,6-7,9-11H2,1-2H3. The largest absolute Gasteiger partial charge is 0.361 e. The molecule has 0 unspecified atom stereocenters. The van der Waals surface area contributed by atoms with Gasteiger partial charge in [0.15, 0.2) is 0 Å². The van der Waals surface area contributed by atoms with Gasteiger partial charge in [-0.1, -0.05) is 5.16 Å². The Labute approximate surface area is 142 Å². The van der Waals surface area contributed by atoms with Gasteiger partial charge in [-0.15, -0.1) is 0 Å². The third-order valence-electron chi connectivity index (χ3n) is 5.28. The SMILES string of the molecule is Cc1noc(C)c1CN1CCC(N(c2ccncn2)C2CC2)CC1. The van der Waals surface area contributed by atoms with Crippen LogP contribution in [0.25, 0.3) is 0 Å². The lowest BCUT2D eigenvalue weighted by Gasteiger charge is -2.39. The molecule has 6 nitrogen and oxygen atoms in total. The number of aryl methyl sites for hydroxylation is 2. The highest BCUT2D eigenvalue weighted by atomic mass is 16.5. The predicted octanol–water partition coefficient (Wildman–Crippen LogP) is 2.71. The number of hydrogen-bond acceptors (Lipinski definition) is 6. The molecule has 2 aromatic rings. The lowest BCUT2D eigenvalue weighted by Crippen LogP contribution is -2.46. The Morgan fingerprint density at radius 2 is 1.92 bits per heavy atom. The van der Waals surface area contributed by atoms with Crippen LogP contribution in [0.3, 0.4) is 0 Å². The normalized spacial score (nSPS) is 19.6. The van der Waals surface area contributed by atoms with Gasteiger partial charge in [0.05, 0.1) is 5.69 Å². The zero-order valence-corrected chi connectivity index (χ0v) is 14.5. The summed E-state index contributed by atoms with van der Waals surface area (Å²) in [6.07, 6.45) is 8.47. The van der Waals surface area contributed by atoms with E-state index >= 15 is 0 Å². The minimum absolute atomic E-state index is 0.591. The van der Waals surface area contributed by atoms with E-state index in [2.05, 4.69) is 31.0 Å². The van der Waals surface area contributed by atoms with E-state index in [1.54, 1.807) is 6.33 Å². The summed E-state index contributed by atoms with van der Waals surface area (Å²) in [5.74, 6) is 2.05. The molecule has 0 atom stereocenters. The summed E-state index contributed by atoms with van der Waals surface area (Å²) in [5.41, 5.74) is 2.28. The molecular formula is C18H25N5O. The van der Waals surface area contributed by atoms with E-state index in [0.29, 0.717) is 12.1 Å². The van der Waals surface area contributed by atoms with Crippen LogP contribution in [0.15, 0.2) is 23.1 Å². The Balaban J connectivity index is 1.40. The lowest BCUT2D eigenvalue weighted by molar-refractivity contribution is 0.199. The molecule has 24 heavy (non-hydrogen) atoms. The Bertz CT molecular complexity index is 654. The van der Waals surface area contributed by atoms with Gasteiger partial charge < -0.3 is 9.42 Å². The van der Waals surface area contributed by atoms with Crippen molar-refractivity contribution in [3.63, 3.8) is 0 Å². The van der Waals surface area contributed by atoms with Crippen molar-refractivity contribution in [2.45, 2.75) is 58.2 Å². The van der Waals surface area contributed by atoms with Crippen LogP contribution in [0.1, 0.15) is 42.7 Å². The molecule has 128 valence electrons. The molecule has 0 bridgehead atoms. The number of hydrogen-bond donors (Lipinski definition) is 0. The third kappa shape index (κ3) is 3.15. The van der Waals surface area contributed by atoms with Gasteiger partial charge in [-0.2, -0.15) is 0 Å². The van der Waals surface area contributed by atoms with Crippen LogP contribution in [-0.4, -0.2) is 45.2 Å². The topological polar surface area (TPSA) is 58.3 Å². The quantitative estimate of drug-likeness (QED) is 0.841. The van der Waals surface area contributed by atoms with Crippen molar-refractivity contribution in [1.29, 1.82) is 0 Å². The number of anilines is 1. The van der Waals surface area contributed by atoms with E-state index in [4.69, 9.17) is 4.52 Å². The van der Waals surface area contributed by atoms with Crippen molar-refractivity contribution < 1.29 is 4.52 Å². The summed E-state index contributed by atoms with van der Waals surface area (Å²) in [6, 6.07) is 3.32. The van der Waals surface area contributed by atoms with Crippen LogP contribution in [0.4, 0.5) is 5.82 Å². The maximum Gasteiger partial charge on any atom is 0.138 e. The van der Waals surface area contributed by atoms with E-state index in [-0.39, 0.29) is 0 Å². The Morgan fingerprint density at radius 1 is 1.17 bits per heavy atom. The number of likely N-dealkylation sites (tertiary alicyclic amines) is 1. The lowest BCUT2D eigenvalue weighted by atomic mass is 10.0. The van der Waals surface area contributed by atoms with E-state index in [0.717, 1.165) is 36.9 Å². The average molecular weight is 327 g/mol. The number of nitrogens with zero attached hydrogens (tertiary/aromatic N) is 5. The average Bonchev–Trinajstić information content (AvgIpc) is 3.39. The molecule has 1 saturated carbocycles. The fourth-order valence-electron chi connectivity index (χ4n) is 3.77. The van der Waals surface area contributed by atoms with E-state index in [9.17, 15) is 0 Å². The molecule has 4 rings (SSSR count). The fourth-order valence-corrected chi connectivity index (χ4v) is 3.77. The summed E-state index contributed by atoms with van der Waals surface area (Å²) < 4.78 is 5.29. The minimum atomic E-state index is 0.591. The van der Waals surface area contributed by atoms with Crippen LogP contribution in [0, 0.1) is 13.8 Å². The van der Waals surface area contributed by atoms with Crippen molar-refractivity contribution in [2.75, 3.05) is 18.0 Å². The smallest absolute Gasteiger partial charge is 0.138 e. The van der Waals surface area contributed by atoms with Gasteiger partial charge >= 0.3 is 0 Å². The number of piperidine rings is 1. The van der Waals surface area contributed by atoms with Crippen molar-refractivity contribution in [1.82, 2.24) is 20.0 Å². The van der Waals surface area contributed by atoms with Crippen molar-refractivity contribution in [3.8, 4) is 0 Å². The van der Waals surface area contributed by atoms with Gasteiger partial charge in [0.1, 0.15) is 17.9 Å². The highest BCUT2D eigenvalue weighted by Gasteiger charge is 2.36. The summed E-state index contributed by atoms with van der Waals surface area (Å²) in [7, 11) is 0. The molecule has 2 fully saturated rings. The molecule has 1 aliphatic carbocycles. The molecule has 0 spiro atoms. The predicted molar refractivity (Wildman–Crippen MR) is 91.8 cm³/mol. The van der Waals surface area contributed by atoms with Crippen LogP contribution >= 0.6 is 0 Å². The maximum atomic E-state index is 5.29. The Kier molecular flexibility index (Phi) is 4.22. The van der Waals surface area contributed by atoms with Gasteiger partial charge in [0.2, 0.25) is 0 Å².